The first-order valence-electron chi connectivity index (χ1n) is 5.84. The van der Waals surface area contributed by atoms with Crippen LogP contribution in [0.3, 0.4) is 0 Å². The predicted molar refractivity (Wildman–Crippen MR) is 71.0 cm³/mol. The van der Waals surface area contributed by atoms with E-state index in [1.807, 2.05) is 60.7 Å². The standard InChI is InChI=1S/C16H15O2/c1-18-16(17)12-15(13-8-4-2-5-9-13)14-10-6-3-7-11-14/h2-11H,12H2,1H3. The summed E-state index contributed by atoms with van der Waals surface area (Å²) in [6.07, 6.45) is 0.282. The fourth-order valence-corrected chi connectivity index (χ4v) is 1.87. The normalized spacial score (nSPS) is 10.3. The summed E-state index contributed by atoms with van der Waals surface area (Å²) in [5.41, 5.74) is 2.10. The molecule has 0 heterocycles. The number of esters is 1. The van der Waals surface area contributed by atoms with E-state index in [2.05, 4.69) is 0 Å². The van der Waals surface area contributed by atoms with Gasteiger partial charge in [-0.15, -0.1) is 0 Å². The first kappa shape index (κ1) is 12.4. The molecule has 0 aliphatic carbocycles. The summed E-state index contributed by atoms with van der Waals surface area (Å²) in [7, 11) is 1.41. The van der Waals surface area contributed by atoms with Crippen molar-refractivity contribution >= 4 is 5.97 Å². The molecule has 2 heteroatoms. The summed E-state index contributed by atoms with van der Waals surface area (Å²) >= 11 is 0. The number of carbonyl (C=O) groups is 1. The van der Waals surface area contributed by atoms with E-state index in [1.165, 1.54) is 7.11 Å². The zero-order valence-electron chi connectivity index (χ0n) is 10.3. The third-order valence-electron chi connectivity index (χ3n) is 2.79. The topological polar surface area (TPSA) is 26.3 Å². The second kappa shape index (κ2) is 6.01. The van der Waals surface area contributed by atoms with Gasteiger partial charge in [0.25, 0.3) is 0 Å². The minimum atomic E-state index is -0.224. The molecule has 2 aromatic rings. The van der Waals surface area contributed by atoms with E-state index >= 15 is 0 Å². The Balaban J connectivity index is 2.32. The third kappa shape index (κ3) is 2.98. The van der Waals surface area contributed by atoms with Crippen LogP contribution in [0.2, 0.25) is 0 Å². The lowest BCUT2D eigenvalue weighted by Crippen LogP contribution is -2.10. The van der Waals surface area contributed by atoms with Crippen LogP contribution in [0.4, 0.5) is 0 Å². The van der Waals surface area contributed by atoms with Crippen LogP contribution < -0.4 is 0 Å². The number of rotatable bonds is 4. The summed E-state index contributed by atoms with van der Waals surface area (Å²) in [6.45, 7) is 0. The molecule has 0 saturated heterocycles. The molecule has 2 rings (SSSR count). The van der Waals surface area contributed by atoms with Crippen LogP contribution in [0, 0.1) is 5.92 Å². The van der Waals surface area contributed by atoms with E-state index in [0.29, 0.717) is 0 Å². The fraction of sp³-hybridized carbons (Fsp3) is 0.125. The van der Waals surface area contributed by atoms with Gasteiger partial charge in [-0.2, -0.15) is 0 Å². The Morgan fingerprint density at radius 2 is 1.33 bits per heavy atom. The molecule has 0 aromatic heterocycles. The van der Waals surface area contributed by atoms with Gasteiger partial charge in [-0.1, -0.05) is 60.7 Å². The Morgan fingerprint density at radius 1 is 0.889 bits per heavy atom. The molecule has 0 atom stereocenters. The van der Waals surface area contributed by atoms with Crippen molar-refractivity contribution in [2.45, 2.75) is 6.42 Å². The van der Waals surface area contributed by atoms with E-state index in [0.717, 1.165) is 17.0 Å². The Bertz CT molecular complexity index is 452. The smallest absolute Gasteiger partial charge is 0.306 e. The molecule has 91 valence electrons. The Hall–Kier alpha value is -2.09. The van der Waals surface area contributed by atoms with E-state index < -0.39 is 0 Å². The van der Waals surface area contributed by atoms with E-state index in [1.54, 1.807) is 0 Å². The lowest BCUT2D eigenvalue weighted by molar-refractivity contribution is -0.140. The largest absolute Gasteiger partial charge is 0.469 e. The van der Waals surface area contributed by atoms with Crippen molar-refractivity contribution in [3.63, 3.8) is 0 Å². The van der Waals surface area contributed by atoms with Crippen LogP contribution >= 0.6 is 0 Å². The van der Waals surface area contributed by atoms with Gasteiger partial charge in [0, 0.05) is 5.92 Å². The maximum absolute atomic E-state index is 11.5. The average Bonchev–Trinajstić information content (AvgIpc) is 2.46. The van der Waals surface area contributed by atoms with Gasteiger partial charge in [-0.3, -0.25) is 4.79 Å². The van der Waals surface area contributed by atoms with Gasteiger partial charge in [0.15, 0.2) is 0 Å². The molecule has 0 unspecified atom stereocenters. The first-order valence-corrected chi connectivity index (χ1v) is 5.84. The number of hydrogen-bond acceptors (Lipinski definition) is 2. The number of methoxy groups -OCH3 is 1. The molecule has 0 bridgehead atoms. The van der Waals surface area contributed by atoms with Gasteiger partial charge >= 0.3 is 5.97 Å². The summed E-state index contributed by atoms with van der Waals surface area (Å²) in [5, 5.41) is 0. The van der Waals surface area contributed by atoms with Crippen molar-refractivity contribution in [2.24, 2.45) is 0 Å². The number of ether oxygens (including phenoxy) is 1. The molecular formula is C16H15O2. The second-order valence-electron chi connectivity index (χ2n) is 3.96. The maximum Gasteiger partial charge on any atom is 0.306 e. The highest BCUT2D eigenvalue weighted by Crippen LogP contribution is 2.26. The third-order valence-corrected chi connectivity index (χ3v) is 2.79. The van der Waals surface area contributed by atoms with Gasteiger partial charge < -0.3 is 4.74 Å². The Labute approximate surface area is 107 Å². The summed E-state index contributed by atoms with van der Waals surface area (Å²) in [5.74, 6) is 0.765. The lowest BCUT2D eigenvalue weighted by atomic mass is 9.89. The molecule has 1 radical (unpaired) electrons. The van der Waals surface area contributed by atoms with Crippen molar-refractivity contribution in [1.29, 1.82) is 0 Å². The molecule has 0 amide bonds. The van der Waals surface area contributed by atoms with Crippen molar-refractivity contribution in [2.75, 3.05) is 7.11 Å². The molecule has 2 nitrogen and oxygen atoms in total. The fourth-order valence-electron chi connectivity index (χ4n) is 1.87. The van der Waals surface area contributed by atoms with E-state index in [9.17, 15) is 4.79 Å². The van der Waals surface area contributed by atoms with E-state index in [4.69, 9.17) is 4.74 Å². The van der Waals surface area contributed by atoms with Gasteiger partial charge in [-0.25, -0.2) is 0 Å². The van der Waals surface area contributed by atoms with Crippen molar-refractivity contribution in [3.8, 4) is 0 Å². The van der Waals surface area contributed by atoms with Crippen LogP contribution in [0.5, 0.6) is 0 Å². The summed E-state index contributed by atoms with van der Waals surface area (Å²) in [4.78, 5) is 11.5. The molecule has 0 aliphatic rings. The quantitative estimate of drug-likeness (QED) is 0.766. The van der Waals surface area contributed by atoms with Crippen molar-refractivity contribution in [3.05, 3.63) is 77.7 Å². The van der Waals surface area contributed by atoms with Gasteiger partial charge in [0.2, 0.25) is 0 Å². The molecule has 0 N–H and O–H groups in total. The van der Waals surface area contributed by atoms with Crippen molar-refractivity contribution in [1.82, 2.24) is 0 Å². The van der Waals surface area contributed by atoms with Crippen LogP contribution in [0.25, 0.3) is 0 Å². The number of benzene rings is 2. The highest BCUT2D eigenvalue weighted by molar-refractivity contribution is 5.74. The summed E-state index contributed by atoms with van der Waals surface area (Å²) < 4.78 is 4.76. The SMILES string of the molecule is COC(=O)C[C](c1ccccc1)c1ccccc1. The Morgan fingerprint density at radius 3 is 1.72 bits per heavy atom. The molecular weight excluding hydrogens is 224 g/mol. The summed E-state index contributed by atoms with van der Waals surface area (Å²) in [6, 6.07) is 19.8. The number of carbonyl (C=O) groups excluding carboxylic acids is 1. The Kier molecular flexibility index (Phi) is 4.13. The highest BCUT2D eigenvalue weighted by atomic mass is 16.5. The van der Waals surface area contributed by atoms with Crippen LogP contribution in [0.1, 0.15) is 17.5 Å². The minimum Gasteiger partial charge on any atom is -0.469 e. The average molecular weight is 239 g/mol. The van der Waals surface area contributed by atoms with Crippen molar-refractivity contribution < 1.29 is 9.53 Å². The van der Waals surface area contributed by atoms with Crippen LogP contribution in [-0.4, -0.2) is 13.1 Å². The lowest BCUT2D eigenvalue weighted by Gasteiger charge is -2.15. The highest BCUT2D eigenvalue weighted by Gasteiger charge is 2.18. The van der Waals surface area contributed by atoms with Crippen LogP contribution in [-0.2, 0) is 9.53 Å². The van der Waals surface area contributed by atoms with Gasteiger partial charge in [-0.05, 0) is 11.1 Å². The van der Waals surface area contributed by atoms with E-state index in [-0.39, 0.29) is 12.4 Å². The second-order valence-corrected chi connectivity index (χ2v) is 3.96. The molecule has 2 aromatic carbocycles. The molecule has 0 spiro atoms. The minimum absolute atomic E-state index is 0.224. The molecule has 0 saturated carbocycles. The number of hydrogen-bond donors (Lipinski definition) is 0. The monoisotopic (exact) mass is 239 g/mol. The zero-order valence-corrected chi connectivity index (χ0v) is 10.3. The zero-order chi connectivity index (χ0) is 12.8. The molecule has 0 fully saturated rings. The predicted octanol–water partition coefficient (Wildman–Crippen LogP) is 3.22. The maximum atomic E-state index is 11.5. The van der Waals surface area contributed by atoms with Gasteiger partial charge in [0.05, 0.1) is 13.5 Å². The van der Waals surface area contributed by atoms with Crippen LogP contribution in [0.15, 0.2) is 60.7 Å². The molecule has 18 heavy (non-hydrogen) atoms. The molecule has 0 aliphatic heterocycles. The van der Waals surface area contributed by atoms with Gasteiger partial charge in [0.1, 0.15) is 0 Å². The first-order chi connectivity index (χ1) is 8.81.